The quantitative estimate of drug-likeness (QED) is 0.795. The number of hydrogen-bond donors (Lipinski definition) is 1. The Morgan fingerprint density at radius 1 is 1.14 bits per heavy atom. The molecule has 4 heteroatoms. The zero-order valence-electron chi connectivity index (χ0n) is 12.6. The lowest BCUT2D eigenvalue weighted by Crippen LogP contribution is -2.02. The predicted molar refractivity (Wildman–Crippen MR) is 85.8 cm³/mol. The van der Waals surface area contributed by atoms with Crippen molar-refractivity contribution in [1.29, 1.82) is 0 Å². The van der Waals surface area contributed by atoms with Gasteiger partial charge in [-0.1, -0.05) is 30.3 Å². The summed E-state index contributed by atoms with van der Waals surface area (Å²) >= 11 is 0. The van der Waals surface area contributed by atoms with Crippen LogP contribution < -0.4 is 10.1 Å². The van der Waals surface area contributed by atoms with Gasteiger partial charge in [-0.05, 0) is 29.8 Å². The van der Waals surface area contributed by atoms with Gasteiger partial charge in [0.15, 0.2) is 0 Å². The summed E-state index contributed by atoms with van der Waals surface area (Å²) in [7, 11) is 3.57. The van der Waals surface area contributed by atoms with Crippen molar-refractivity contribution in [1.82, 2.24) is 9.78 Å². The molecule has 0 aliphatic rings. The summed E-state index contributed by atoms with van der Waals surface area (Å²) in [6, 6.07) is 14.7. The molecule has 0 atom stereocenters. The molecule has 0 aliphatic heterocycles. The molecule has 0 spiro atoms. The molecular weight excluding hydrogens is 262 g/mol. The van der Waals surface area contributed by atoms with E-state index >= 15 is 0 Å². The second-order valence-electron chi connectivity index (χ2n) is 5.11. The molecule has 0 bridgehead atoms. The number of benzene rings is 2. The van der Waals surface area contributed by atoms with Crippen LogP contribution in [-0.4, -0.2) is 16.9 Å². The first-order valence-corrected chi connectivity index (χ1v) is 6.98. The Hall–Kier alpha value is -2.49. The fourth-order valence-electron chi connectivity index (χ4n) is 2.63. The fraction of sp³-hybridized carbons (Fsp3) is 0.235. The topological polar surface area (TPSA) is 39.1 Å². The van der Waals surface area contributed by atoms with Gasteiger partial charge in [-0.25, -0.2) is 4.68 Å². The van der Waals surface area contributed by atoms with Crippen LogP contribution in [0, 0.1) is 6.92 Å². The van der Waals surface area contributed by atoms with Crippen molar-refractivity contribution in [3.63, 3.8) is 0 Å². The number of nitrogens with one attached hydrogen (secondary N) is 1. The van der Waals surface area contributed by atoms with Crippen LogP contribution in [0.2, 0.25) is 0 Å². The summed E-state index contributed by atoms with van der Waals surface area (Å²) in [5.74, 6) is 0.806. The smallest absolute Gasteiger partial charge is 0.216 e. The molecule has 0 saturated heterocycles. The molecular formula is C17H19N3O. The normalized spacial score (nSPS) is 10.8. The van der Waals surface area contributed by atoms with E-state index in [1.807, 2.05) is 14.0 Å². The van der Waals surface area contributed by atoms with Crippen LogP contribution in [0.25, 0.3) is 10.8 Å². The Labute approximate surface area is 124 Å². The van der Waals surface area contributed by atoms with Crippen LogP contribution in [-0.2, 0) is 13.6 Å². The molecule has 0 amide bonds. The predicted octanol–water partition coefficient (Wildman–Crippen LogP) is 3.50. The number of aryl methyl sites for hydroxylation is 2. The first kappa shape index (κ1) is 13.5. The number of rotatable bonds is 4. The molecule has 4 nitrogen and oxygen atoms in total. The number of methoxy groups -OCH3 is 1. The van der Waals surface area contributed by atoms with Crippen molar-refractivity contribution >= 4 is 16.5 Å². The van der Waals surface area contributed by atoms with Gasteiger partial charge < -0.3 is 10.1 Å². The number of fused-ring (bicyclic) bond motifs is 1. The molecule has 0 saturated carbocycles. The van der Waals surface area contributed by atoms with E-state index in [9.17, 15) is 0 Å². The van der Waals surface area contributed by atoms with E-state index in [1.54, 1.807) is 11.8 Å². The Morgan fingerprint density at radius 3 is 2.67 bits per heavy atom. The minimum Gasteiger partial charge on any atom is -0.481 e. The Balaban J connectivity index is 1.83. The van der Waals surface area contributed by atoms with Crippen LogP contribution >= 0.6 is 0 Å². The van der Waals surface area contributed by atoms with Crippen molar-refractivity contribution < 1.29 is 4.74 Å². The number of aromatic nitrogens is 2. The second-order valence-corrected chi connectivity index (χ2v) is 5.11. The average molecular weight is 281 g/mol. The SMILES string of the molecule is COc1c(CNc2ccc3ccccc3c2)c(C)nn1C. The van der Waals surface area contributed by atoms with E-state index in [2.05, 4.69) is 52.9 Å². The van der Waals surface area contributed by atoms with Crippen LogP contribution in [0.3, 0.4) is 0 Å². The molecule has 3 aromatic rings. The van der Waals surface area contributed by atoms with Gasteiger partial charge in [-0.3, -0.25) is 0 Å². The lowest BCUT2D eigenvalue weighted by atomic mass is 10.1. The van der Waals surface area contributed by atoms with Gasteiger partial charge in [-0.2, -0.15) is 5.10 Å². The Morgan fingerprint density at radius 2 is 1.90 bits per heavy atom. The molecule has 0 fully saturated rings. The molecule has 0 aliphatic carbocycles. The summed E-state index contributed by atoms with van der Waals surface area (Å²) in [6.45, 7) is 2.70. The zero-order chi connectivity index (χ0) is 14.8. The summed E-state index contributed by atoms with van der Waals surface area (Å²) in [5.41, 5.74) is 3.18. The van der Waals surface area contributed by atoms with Crippen molar-refractivity contribution in [2.24, 2.45) is 7.05 Å². The molecule has 0 unspecified atom stereocenters. The molecule has 1 heterocycles. The van der Waals surface area contributed by atoms with Gasteiger partial charge in [0.05, 0.1) is 18.4 Å². The number of hydrogen-bond acceptors (Lipinski definition) is 3. The average Bonchev–Trinajstić information content (AvgIpc) is 2.78. The largest absolute Gasteiger partial charge is 0.481 e. The molecule has 108 valence electrons. The van der Waals surface area contributed by atoms with E-state index in [0.717, 1.165) is 22.8 Å². The van der Waals surface area contributed by atoms with E-state index in [1.165, 1.54) is 10.8 Å². The van der Waals surface area contributed by atoms with Crippen molar-refractivity contribution in [2.75, 3.05) is 12.4 Å². The van der Waals surface area contributed by atoms with Crippen LogP contribution in [0.1, 0.15) is 11.3 Å². The van der Waals surface area contributed by atoms with E-state index in [-0.39, 0.29) is 0 Å². The second kappa shape index (κ2) is 5.48. The van der Waals surface area contributed by atoms with Gasteiger partial charge in [0.1, 0.15) is 0 Å². The van der Waals surface area contributed by atoms with Crippen LogP contribution in [0.4, 0.5) is 5.69 Å². The maximum absolute atomic E-state index is 5.42. The van der Waals surface area contributed by atoms with Crippen molar-refractivity contribution in [3.8, 4) is 5.88 Å². The number of nitrogens with zero attached hydrogens (tertiary/aromatic N) is 2. The Bertz CT molecular complexity index is 777. The van der Waals surface area contributed by atoms with E-state index in [0.29, 0.717) is 6.54 Å². The highest BCUT2D eigenvalue weighted by molar-refractivity contribution is 5.85. The summed E-state index contributed by atoms with van der Waals surface area (Å²) in [4.78, 5) is 0. The Kier molecular flexibility index (Phi) is 3.52. The third-order valence-corrected chi connectivity index (χ3v) is 3.70. The molecule has 3 rings (SSSR count). The zero-order valence-corrected chi connectivity index (χ0v) is 12.6. The van der Waals surface area contributed by atoms with Crippen molar-refractivity contribution in [3.05, 3.63) is 53.7 Å². The standard InChI is InChI=1S/C17H19N3O/c1-12-16(17(21-3)20(2)19-12)11-18-15-9-8-13-6-4-5-7-14(13)10-15/h4-10,18H,11H2,1-3H3. The fourth-order valence-corrected chi connectivity index (χ4v) is 2.63. The van der Waals surface area contributed by atoms with Gasteiger partial charge in [0.25, 0.3) is 0 Å². The molecule has 0 radical (unpaired) electrons. The van der Waals surface area contributed by atoms with Gasteiger partial charge >= 0.3 is 0 Å². The minimum absolute atomic E-state index is 0.696. The molecule has 1 N–H and O–H groups in total. The lowest BCUT2D eigenvalue weighted by molar-refractivity contribution is 0.370. The first-order valence-electron chi connectivity index (χ1n) is 6.98. The minimum atomic E-state index is 0.696. The van der Waals surface area contributed by atoms with E-state index in [4.69, 9.17) is 4.74 Å². The van der Waals surface area contributed by atoms with Crippen LogP contribution in [0.15, 0.2) is 42.5 Å². The maximum Gasteiger partial charge on any atom is 0.216 e. The summed E-state index contributed by atoms with van der Waals surface area (Å²) in [6.07, 6.45) is 0. The monoisotopic (exact) mass is 281 g/mol. The van der Waals surface area contributed by atoms with E-state index < -0.39 is 0 Å². The van der Waals surface area contributed by atoms with Gasteiger partial charge in [-0.15, -0.1) is 0 Å². The molecule has 1 aromatic heterocycles. The highest BCUT2D eigenvalue weighted by atomic mass is 16.5. The number of ether oxygens (including phenoxy) is 1. The highest BCUT2D eigenvalue weighted by Gasteiger charge is 2.13. The lowest BCUT2D eigenvalue weighted by Gasteiger charge is -2.09. The maximum atomic E-state index is 5.42. The molecule has 21 heavy (non-hydrogen) atoms. The third-order valence-electron chi connectivity index (χ3n) is 3.70. The summed E-state index contributed by atoms with van der Waals surface area (Å²) in [5, 5.41) is 10.3. The third kappa shape index (κ3) is 2.57. The van der Waals surface area contributed by atoms with Crippen molar-refractivity contribution in [2.45, 2.75) is 13.5 Å². The number of anilines is 1. The van der Waals surface area contributed by atoms with Crippen LogP contribution in [0.5, 0.6) is 5.88 Å². The highest BCUT2D eigenvalue weighted by Crippen LogP contribution is 2.24. The van der Waals surface area contributed by atoms with Gasteiger partial charge in [0, 0.05) is 19.3 Å². The summed E-state index contributed by atoms with van der Waals surface area (Å²) < 4.78 is 7.19. The molecule has 2 aromatic carbocycles. The first-order chi connectivity index (χ1) is 10.2. The van der Waals surface area contributed by atoms with Gasteiger partial charge in [0.2, 0.25) is 5.88 Å².